The van der Waals surface area contributed by atoms with Gasteiger partial charge in [0.2, 0.25) is 0 Å². The van der Waals surface area contributed by atoms with Crippen LogP contribution in [0.3, 0.4) is 0 Å². The lowest BCUT2D eigenvalue weighted by Crippen LogP contribution is -2.59. The highest BCUT2D eigenvalue weighted by Crippen LogP contribution is 2.23. The van der Waals surface area contributed by atoms with E-state index in [-0.39, 0.29) is 19.2 Å². The second kappa shape index (κ2) is 49.9. The minimum Gasteiger partial charge on any atom is -0.457 e. The lowest BCUT2D eigenvalue weighted by Gasteiger charge is -2.39. The van der Waals surface area contributed by atoms with E-state index >= 15 is 0 Å². The van der Waals surface area contributed by atoms with Gasteiger partial charge in [-0.15, -0.1) is 0 Å². The van der Waals surface area contributed by atoms with Crippen LogP contribution < -0.4 is 0 Å². The first-order valence-electron chi connectivity index (χ1n) is 29.3. The standard InChI is InChI=1S/C58H112O9/c1-3-5-7-9-11-13-15-17-19-21-23-25-26-27-29-31-33-35-37-39-41-43-45-47-54(60)66-52(51-65-58-57(63)56(62)55(61)53(49-59)67-58)50-64-48-46-44-42-40-38-36-34-32-30-28-24-22-20-18-16-14-12-10-8-6-4-2/h21,23,52-53,55-59,61-63H,3-20,22,24-51H2,1-2H3/b23-21-. The first kappa shape index (κ1) is 63.9. The van der Waals surface area contributed by atoms with Crippen molar-refractivity contribution in [2.75, 3.05) is 26.4 Å². The summed E-state index contributed by atoms with van der Waals surface area (Å²) in [4.78, 5) is 12.9. The van der Waals surface area contributed by atoms with E-state index in [4.69, 9.17) is 18.9 Å². The molecule has 0 aromatic heterocycles. The highest BCUT2D eigenvalue weighted by molar-refractivity contribution is 5.69. The van der Waals surface area contributed by atoms with E-state index in [9.17, 15) is 25.2 Å². The Morgan fingerprint density at radius 2 is 0.821 bits per heavy atom. The van der Waals surface area contributed by atoms with Crippen LogP contribution in [-0.4, -0.2) is 89.6 Å². The fourth-order valence-corrected chi connectivity index (χ4v) is 9.37. The molecule has 1 fully saturated rings. The van der Waals surface area contributed by atoms with Crippen molar-refractivity contribution in [1.29, 1.82) is 0 Å². The monoisotopic (exact) mass is 953 g/mol. The number of unbranched alkanes of at least 4 members (excludes halogenated alkanes) is 39. The van der Waals surface area contributed by atoms with Gasteiger partial charge in [-0.1, -0.05) is 257 Å². The van der Waals surface area contributed by atoms with E-state index in [1.165, 1.54) is 238 Å². The second-order valence-corrected chi connectivity index (χ2v) is 20.5. The van der Waals surface area contributed by atoms with Crippen molar-refractivity contribution < 1.29 is 44.2 Å². The zero-order valence-corrected chi connectivity index (χ0v) is 44.2. The molecule has 0 saturated carbocycles. The van der Waals surface area contributed by atoms with Crippen molar-refractivity contribution in [3.63, 3.8) is 0 Å². The van der Waals surface area contributed by atoms with Crippen LogP contribution in [0.1, 0.15) is 290 Å². The van der Waals surface area contributed by atoms with Crippen molar-refractivity contribution in [2.45, 2.75) is 327 Å². The third-order valence-electron chi connectivity index (χ3n) is 13.9. The number of carbonyl (C=O) groups excluding carboxylic acids is 1. The topological polar surface area (TPSA) is 135 Å². The Bertz CT molecular complexity index is 1040. The van der Waals surface area contributed by atoms with E-state index in [2.05, 4.69) is 26.0 Å². The summed E-state index contributed by atoms with van der Waals surface area (Å²) in [5, 5.41) is 40.4. The minimum absolute atomic E-state index is 0.107. The molecule has 0 aromatic rings. The van der Waals surface area contributed by atoms with E-state index < -0.39 is 43.4 Å². The zero-order valence-electron chi connectivity index (χ0n) is 44.2. The third-order valence-corrected chi connectivity index (χ3v) is 13.9. The number of esters is 1. The molecule has 398 valence electrons. The van der Waals surface area contributed by atoms with E-state index in [1.54, 1.807) is 0 Å². The summed E-state index contributed by atoms with van der Waals surface area (Å²) in [6, 6.07) is 0. The molecular weight excluding hydrogens is 841 g/mol. The summed E-state index contributed by atoms with van der Waals surface area (Å²) >= 11 is 0. The molecule has 9 nitrogen and oxygen atoms in total. The van der Waals surface area contributed by atoms with Gasteiger partial charge in [0.25, 0.3) is 0 Å². The number of hydrogen-bond donors (Lipinski definition) is 4. The molecule has 6 unspecified atom stereocenters. The van der Waals surface area contributed by atoms with Crippen molar-refractivity contribution >= 4 is 5.97 Å². The van der Waals surface area contributed by atoms with Crippen molar-refractivity contribution in [2.24, 2.45) is 0 Å². The minimum atomic E-state index is -1.53. The normalized spacial score (nSPS) is 19.2. The average molecular weight is 954 g/mol. The average Bonchev–Trinajstić information content (AvgIpc) is 3.33. The van der Waals surface area contributed by atoms with Crippen LogP contribution in [0.4, 0.5) is 0 Å². The zero-order chi connectivity index (χ0) is 48.5. The summed E-state index contributed by atoms with van der Waals surface area (Å²) < 4.78 is 23.0. The van der Waals surface area contributed by atoms with Crippen LogP contribution in [0.2, 0.25) is 0 Å². The first-order valence-corrected chi connectivity index (χ1v) is 29.3. The largest absolute Gasteiger partial charge is 0.457 e. The van der Waals surface area contributed by atoms with Gasteiger partial charge in [-0.2, -0.15) is 0 Å². The molecule has 1 aliphatic rings. The highest BCUT2D eigenvalue weighted by Gasteiger charge is 2.44. The molecule has 4 N–H and O–H groups in total. The summed E-state index contributed by atoms with van der Waals surface area (Å²) in [5.41, 5.74) is 0. The molecular formula is C58H112O9. The molecule has 0 aliphatic carbocycles. The van der Waals surface area contributed by atoms with Crippen LogP contribution in [0.25, 0.3) is 0 Å². The summed E-state index contributed by atoms with van der Waals surface area (Å²) in [6.07, 6.45) is 52.6. The van der Waals surface area contributed by atoms with Crippen LogP contribution >= 0.6 is 0 Å². The third kappa shape index (κ3) is 40.2. The van der Waals surface area contributed by atoms with Crippen LogP contribution in [0.5, 0.6) is 0 Å². The fraction of sp³-hybridized carbons (Fsp3) is 0.948. The molecule has 9 heteroatoms. The van der Waals surface area contributed by atoms with Gasteiger partial charge in [-0.3, -0.25) is 4.79 Å². The SMILES string of the molecule is CCCCCCCCCC/C=C\CCCCCCCCCCCCCC(=O)OC(COCCCCCCCCCCCCCCCCCCCCCCC)COC1OC(CO)C(O)C(O)C1O. The Labute approximate surface area is 414 Å². The lowest BCUT2D eigenvalue weighted by molar-refractivity contribution is -0.305. The van der Waals surface area contributed by atoms with E-state index in [0.29, 0.717) is 13.0 Å². The maximum atomic E-state index is 12.9. The quantitative estimate of drug-likeness (QED) is 0.0267. The predicted octanol–water partition coefficient (Wildman–Crippen LogP) is 15.1. The number of aliphatic hydroxyl groups excluding tert-OH is 4. The van der Waals surface area contributed by atoms with Crippen molar-refractivity contribution in [3.05, 3.63) is 12.2 Å². The van der Waals surface area contributed by atoms with Crippen LogP contribution in [0.15, 0.2) is 12.2 Å². The summed E-state index contributed by atoms with van der Waals surface area (Å²) in [7, 11) is 0. The maximum absolute atomic E-state index is 12.9. The van der Waals surface area contributed by atoms with Crippen molar-refractivity contribution in [3.8, 4) is 0 Å². The van der Waals surface area contributed by atoms with Crippen molar-refractivity contribution in [1.82, 2.24) is 0 Å². The second-order valence-electron chi connectivity index (χ2n) is 20.5. The first-order chi connectivity index (χ1) is 32.9. The molecule has 0 amide bonds. The number of hydrogen-bond acceptors (Lipinski definition) is 9. The Morgan fingerprint density at radius 1 is 0.463 bits per heavy atom. The Hall–Kier alpha value is -1.07. The molecule has 1 aliphatic heterocycles. The molecule has 6 atom stereocenters. The fourth-order valence-electron chi connectivity index (χ4n) is 9.37. The number of ether oxygens (including phenoxy) is 4. The maximum Gasteiger partial charge on any atom is 0.306 e. The Kier molecular flexibility index (Phi) is 47.6. The molecule has 1 rings (SSSR count). The number of carbonyl (C=O) groups is 1. The molecule has 1 saturated heterocycles. The van der Waals surface area contributed by atoms with Gasteiger partial charge < -0.3 is 39.4 Å². The highest BCUT2D eigenvalue weighted by atomic mass is 16.7. The van der Waals surface area contributed by atoms with Crippen LogP contribution in [0, 0.1) is 0 Å². The van der Waals surface area contributed by atoms with Gasteiger partial charge in [0, 0.05) is 13.0 Å². The molecule has 0 radical (unpaired) electrons. The van der Waals surface area contributed by atoms with Gasteiger partial charge >= 0.3 is 5.97 Å². The molecule has 0 bridgehead atoms. The number of allylic oxidation sites excluding steroid dienone is 2. The molecule has 0 spiro atoms. The number of aliphatic hydroxyl groups is 4. The molecule has 0 aromatic carbocycles. The van der Waals surface area contributed by atoms with Gasteiger partial charge in [-0.05, 0) is 38.5 Å². The Balaban J connectivity index is 2.13. The lowest BCUT2D eigenvalue weighted by atomic mass is 9.99. The Morgan fingerprint density at radius 3 is 1.21 bits per heavy atom. The predicted molar refractivity (Wildman–Crippen MR) is 279 cm³/mol. The van der Waals surface area contributed by atoms with Gasteiger partial charge in [0.1, 0.15) is 30.5 Å². The smallest absolute Gasteiger partial charge is 0.306 e. The van der Waals surface area contributed by atoms with Gasteiger partial charge in [0.05, 0.1) is 19.8 Å². The van der Waals surface area contributed by atoms with Gasteiger partial charge in [0.15, 0.2) is 6.29 Å². The number of rotatable bonds is 52. The van der Waals surface area contributed by atoms with E-state index in [1.807, 2.05) is 0 Å². The summed E-state index contributed by atoms with van der Waals surface area (Å²) in [5.74, 6) is -0.306. The molecule has 67 heavy (non-hydrogen) atoms. The van der Waals surface area contributed by atoms with E-state index in [0.717, 1.165) is 32.1 Å². The summed E-state index contributed by atoms with van der Waals surface area (Å²) in [6.45, 7) is 4.63. The molecule has 1 heterocycles. The van der Waals surface area contributed by atoms with Crippen LogP contribution in [-0.2, 0) is 23.7 Å². The van der Waals surface area contributed by atoms with Gasteiger partial charge in [-0.25, -0.2) is 0 Å².